The second-order valence-electron chi connectivity index (χ2n) is 3.37. The molecule has 0 aromatic heterocycles. The first-order chi connectivity index (χ1) is 7.77. The maximum Gasteiger partial charge on any atom is 0.130 e. The second-order valence-corrected chi connectivity index (χ2v) is 3.37. The van der Waals surface area contributed by atoms with E-state index in [1.54, 1.807) is 12.1 Å². The van der Waals surface area contributed by atoms with Gasteiger partial charge in [0, 0.05) is 17.8 Å². The molecule has 1 heterocycles. The summed E-state index contributed by atoms with van der Waals surface area (Å²) in [5.74, 6) is -0.159. The molecule has 1 aliphatic heterocycles. The fourth-order valence-electron chi connectivity index (χ4n) is 1.48. The molecule has 0 unspecified atom stereocenters. The molecule has 86 valence electrons. The highest BCUT2D eigenvalue weighted by molar-refractivity contribution is 5.70. The molecule has 2 heteroatoms. The predicted molar refractivity (Wildman–Crippen MR) is 67.5 cm³/mol. The molecule has 0 atom stereocenters. The van der Waals surface area contributed by atoms with E-state index in [0.29, 0.717) is 12.1 Å². The van der Waals surface area contributed by atoms with Crippen LogP contribution < -0.4 is 5.32 Å². The van der Waals surface area contributed by atoms with E-state index < -0.39 is 0 Å². The standard InChI is InChI=1S/C12H12FN.C2H6/c1-9-6-7-10(8-14-9)11-4-2-3-5-12(11)13;1-2/h2-7,14H,8H2,1H3;1-2H3. The highest BCUT2D eigenvalue weighted by Crippen LogP contribution is 2.19. The summed E-state index contributed by atoms with van der Waals surface area (Å²) in [6, 6.07) is 6.85. The molecule has 0 radical (unpaired) electrons. The van der Waals surface area contributed by atoms with Crippen LogP contribution in [-0.4, -0.2) is 6.54 Å². The minimum absolute atomic E-state index is 0.159. The van der Waals surface area contributed by atoms with Crippen LogP contribution in [0.3, 0.4) is 0 Å². The van der Waals surface area contributed by atoms with Crippen molar-refractivity contribution in [2.75, 3.05) is 6.54 Å². The van der Waals surface area contributed by atoms with Gasteiger partial charge in [-0.2, -0.15) is 0 Å². The molecule has 1 aromatic rings. The summed E-state index contributed by atoms with van der Waals surface area (Å²) in [4.78, 5) is 0. The number of hydrogen-bond acceptors (Lipinski definition) is 1. The highest BCUT2D eigenvalue weighted by Gasteiger charge is 2.08. The Balaban J connectivity index is 0.000000606. The summed E-state index contributed by atoms with van der Waals surface area (Å²) in [6.45, 7) is 6.69. The third-order valence-electron chi connectivity index (χ3n) is 2.31. The van der Waals surface area contributed by atoms with Gasteiger partial charge in [-0.05, 0) is 24.6 Å². The van der Waals surface area contributed by atoms with Crippen molar-refractivity contribution < 1.29 is 4.39 Å². The van der Waals surface area contributed by atoms with Gasteiger partial charge in [0.2, 0.25) is 0 Å². The Morgan fingerprint density at radius 2 is 1.81 bits per heavy atom. The molecule has 1 aromatic carbocycles. The van der Waals surface area contributed by atoms with E-state index in [0.717, 1.165) is 11.3 Å². The lowest BCUT2D eigenvalue weighted by atomic mass is 10.0. The largest absolute Gasteiger partial charge is 0.384 e. The first-order valence-corrected chi connectivity index (χ1v) is 5.63. The zero-order valence-corrected chi connectivity index (χ0v) is 10.0. The minimum Gasteiger partial charge on any atom is -0.384 e. The maximum atomic E-state index is 13.4. The SMILES string of the molecule is CC.CC1=CC=C(c2ccccc2F)CN1. The molecule has 0 spiro atoms. The van der Waals surface area contributed by atoms with Crippen LogP contribution in [0.1, 0.15) is 26.3 Å². The summed E-state index contributed by atoms with van der Waals surface area (Å²) in [5.41, 5.74) is 2.79. The number of halogens is 1. The topological polar surface area (TPSA) is 12.0 Å². The van der Waals surface area contributed by atoms with Crippen molar-refractivity contribution in [3.8, 4) is 0 Å². The number of allylic oxidation sites excluding steroid dienone is 3. The number of nitrogens with one attached hydrogen (secondary N) is 1. The lowest BCUT2D eigenvalue weighted by molar-refractivity contribution is 0.623. The van der Waals surface area contributed by atoms with Crippen molar-refractivity contribution >= 4 is 5.57 Å². The third-order valence-corrected chi connectivity index (χ3v) is 2.31. The van der Waals surface area contributed by atoms with Gasteiger partial charge in [-0.25, -0.2) is 4.39 Å². The van der Waals surface area contributed by atoms with Gasteiger partial charge in [-0.1, -0.05) is 38.1 Å². The van der Waals surface area contributed by atoms with Gasteiger partial charge in [0.15, 0.2) is 0 Å². The van der Waals surface area contributed by atoms with Crippen molar-refractivity contribution in [1.29, 1.82) is 0 Å². The second kappa shape index (κ2) is 6.11. The predicted octanol–water partition coefficient (Wildman–Crippen LogP) is 3.74. The average Bonchev–Trinajstić information content (AvgIpc) is 2.34. The summed E-state index contributed by atoms with van der Waals surface area (Å²) in [7, 11) is 0. The molecule has 2 rings (SSSR count). The van der Waals surface area contributed by atoms with Crippen LogP contribution >= 0.6 is 0 Å². The fourth-order valence-corrected chi connectivity index (χ4v) is 1.48. The molecule has 0 bridgehead atoms. The van der Waals surface area contributed by atoms with Crippen molar-refractivity contribution in [2.45, 2.75) is 20.8 Å². The van der Waals surface area contributed by atoms with Gasteiger partial charge in [0.1, 0.15) is 5.82 Å². The van der Waals surface area contributed by atoms with Crippen LogP contribution in [0.2, 0.25) is 0 Å². The molecule has 1 aliphatic rings. The summed E-state index contributed by atoms with van der Waals surface area (Å²) in [5, 5.41) is 3.18. The highest BCUT2D eigenvalue weighted by atomic mass is 19.1. The van der Waals surface area contributed by atoms with Crippen LogP contribution in [0.5, 0.6) is 0 Å². The molecule has 0 saturated heterocycles. The Kier molecular flexibility index (Phi) is 4.77. The van der Waals surface area contributed by atoms with E-state index in [-0.39, 0.29) is 5.82 Å². The number of benzene rings is 1. The number of dihydropyridines is 1. The summed E-state index contributed by atoms with van der Waals surface area (Å²) >= 11 is 0. The fraction of sp³-hybridized carbons (Fsp3) is 0.286. The van der Waals surface area contributed by atoms with Crippen molar-refractivity contribution in [2.24, 2.45) is 0 Å². The molecule has 16 heavy (non-hydrogen) atoms. The van der Waals surface area contributed by atoms with E-state index in [4.69, 9.17) is 0 Å². The van der Waals surface area contributed by atoms with Gasteiger partial charge < -0.3 is 5.32 Å². The van der Waals surface area contributed by atoms with E-state index in [2.05, 4.69) is 5.32 Å². The van der Waals surface area contributed by atoms with E-state index in [9.17, 15) is 4.39 Å². The molecule has 0 fully saturated rings. The maximum absolute atomic E-state index is 13.4. The van der Waals surface area contributed by atoms with Crippen LogP contribution in [0.4, 0.5) is 4.39 Å². The Labute approximate surface area is 96.7 Å². The molecular weight excluding hydrogens is 201 g/mol. The minimum atomic E-state index is -0.159. The van der Waals surface area contributed by atoms with Crippen LogP contribution in [-0.2, 0) is 0 Å². The van der Waals surface area contributed by atoms with E-state index in [1.807, 2.05) is 39.0 Å². The molecule has 1 nitrogen and oxygen atoms in total. The lowest BCUT2D eigenvalue weighted by Crippen LogP contribution is -2.17. The van der Waals surface area contributed by atoms with Gasteiger partial charge in [0.25, 0.3) is 0 Å². The van der Waals surface area contributed by atoms with Gasteiger partial charge in [-0.3, -0.25) is 0 Å². The first-order valence-electron chi connectivity index (χ1n) is 5.63. The quantitative estimate of drug-likeness (QED) is 0.758. The first kappa shape index (κ1) is 12.5. The van der Waals surface area contributed by atoms with Crippen molar-refractivity contribution in [1.82, 2.24) is 5.32 Å². The number of rotatable bonds is 1. The molecule has 1 N–H and O–H groups in total. The number of hydrogen-bond donors (Lipinski definition) is 1. The van der Waals surface area contributed by atoms with Crippen LogP contribution in [0.15, 0.2) is 42.1 Å². The van der Waals surface area contributed by atoms with Gasteiger partial charge >= 0.3 is 0 Å². The Morgan fingerprint density at radius 1 is 1.12 bits per heavy atom. The monoisotopic (exact) mass is 219 g/mol. The normalized spacial score (nSPS) is 14.0. The van der Waals surface area contributed by atoms with Crippen LogP contribution in [0.25, 0.3) is 5.57 Å². The molecule has 0 saturated carbocycles. The summed E-state index contributed by atoms with van der Waals surface area (Å²) < 4.78 is 13.4. The Hall–Kier alpha value is -1.57. The van der Waals surface area contributed by atoms with E-state index in [1.165, 1.54) is 6.07 Å². The molecule has 0 aliphatic carbocycles. The molecule has 0 amide bonds. The summed E-state index contributed by atoms with van der Waals surface area (Å²) in [6.07, 6.45) is 3.93. The third kappa shape index (κ3) is 2.96. The van der Waals surface area contributed by atoms with Crippen molar-refractivity contribution in [3.05, 3.63) is 53.5 Å². The van der Waals surface area contributed by atoms with E-state index >= 15 is 0 Å². The smallest absolute Gasteiger partial charge is 0.130 e. The average molecular weight is 219 g/mol. The zero-order valence-electron chi connectivity index (χ0n) is 10.0. The van der Waals surface area contributed by atoms with Gasteiger partial charge in [0.05, 0.1) is 0 Å². The van der Waals surface area contributed by atoms with Crippen LogP contribution in [0, 0.1) is 5.82 Å². The molecular formula is C14H18FN. The Morgan fingerprint density at radius 3 is 2.38 bits per heavy atom. The zero-order chi connectivity index (χ0) is 12.0. The van der Waals surface area contributed by atoms with Crippen molar-refractivity contribution in [3.63, 3.8) is 0 Å². The lowest BCUT2D eigenvalue weighted by Gasteiger charge is -2.15. The van der Waals surface area contributed by atoms with Gasteiger partial charge in [-0.15, -0.1) is 0 Å². The Bertz CT molecular complexity index is 405.